The third-order valence-electron chi connectivity index (χ3n) is 2.10. The van der Waals surface area contributed by atoms with E-state index in [1.807, 2.05) is 36.4 Å². The number of benzene rings is 1. The van der Waals surface area contributed by atoms with Crippen LogP contribution < -0.4 is 0 Å². The predicted octanol–water partition coefficient (Wildman–Crippen LogP) is 2.94. The van der Waals surface area contributed by atoms with Crippen LogP contribution in [0.3, 0.4) is 0 Å². The molecule has 0 saturated carbocycles. The zero-order valence-electron chi connectivity index (χ0n) is 7.77. The van der Waals surface area contributed by atoms with Crippen LogP contribution in [0.1, 0.15) is 11.1 Å². The lowest BCUT2D eigenvalue weighted by Crippen LogP contribution is -1.85. The smallest absolute Gasteiger partial charge is 0.0273 e. The molecule has 14 heavy (non-hydrogen) atoms. The Balaban J connectivity index is 2.35. The summed E-state index contributed by atoms with van der Waals surface area (Å²) in [6, 6.07) is 14.7. The molecule has 0 spiro atoms. The average Bonchev–Trinajstić information content (AvgIpc) is 2.30. The van der Waals surface area contributed by atoms with Gasteiger partial charge < -0.3 is 0 Å². The maximum absolute atomic E-state index is 4.05. The predicted molar refractivity (Wildman–Crippen MR) is 57.7 cm³/mol. The average molecular weight is 180 g/mol. The molecule has 1 radical (unpaired) electrons. The van der Waals surface area contributed by atoms with Crippen LogP contribution in [0.2, 0.25) is 0 Å². The minimum Gasteiger partial charge on any atom is -0.265 e. The molecule has 1 heteroatoms. The molecule has 1 nitrogen and oxygen atoms in total. The van der Waals surface area contributed by atoms with E-state index >= 15 is 0 Å². The largest absolute Gasteiger partial charge is 0.265 e. The molecule has 2 aromatic rings. The summed E-state index contributed by atoms with van der Waals surface area (Å²) in [6.45, 7) is 4.05. The van der Waals surface area contributed by atoms with Crippen molar-refractivity contribution in [3.8, 4) is 0 Å². The highest BCUT2D eigenvalue weighted by molar-refractivity contribution is 5.77. The van der Waals surface area contributed by atoms with Crippen molar-refractivity contribution in [2.24, 2.45) is 0 Å². The van der Waals surface area contributed by atoms with E-state index in [1.54, 1.807) is 12.4 Å². The van der Waals surface area contributed by atoms with Crippen LogP contribution in [0.4, 0.5) is 0 Å². The van der Waals surface area contributed by atoms with Crippen LogP contribution in [0.5, 0.6) is 0 Å². The summed E-state index contributed by atoms with van der Waals surface area (Å²) >= 11 is 0. The molecule has 0 unspecified atom stereocenters. The van der Waals surface area contributed by atoms with Crippen molar-refractivity contribution >= 4 is 5.57 Å². The Morgan fingerprint density at radius 1 is 1.00 bits per heavy atom. The van der Waals surface area contributed by atoms with E-state index in [0.717, 1.165) is 16.7 Å². The Hall–Kier alpha value is -1.89. The third-order valence-corrected chi connectivity index (χ3v) is 2.10. The number of hydrogen-bond donors (Lipinski definition) is 0. The highest BCUT2D eigenvalue weighted by Crippen LogP contribution is 2.19. The monoisotopic (exact) mass is 180 g/mol. The number of aromatic nitrogens is 1. The molecule has 0 amide bonds. The van der Waals surface area contributed by atoms with Crippen LogP contribution in [0, 0.1) is 6.07 Å². The summed E-state index contributed by atoms with van der Waals surface area (Å²) in [7, 11) is 0. The topological polar surface area (TPSA) is 12.9 Å². The van der Waals surface area contributed by atoms with Crippen molar-refractivity contribution < 1.29 is 0 Å². The lowest BCUT2D eigenvalue weighted by Gasteiger charge is -2.04. The number of pyridine rings is 1. The molecular formula is C13H10N. The lowest BCUT2D eigenvalue weighted by molar-refractivity contribution is 1.32. The Morgan fingerprint density at radius 3 is 2.21 bits per heavy atom. The second-order valence-corrected chi connectivity index (χ2v) is 3.00. The lowest BCUT2D eigenvalue weighted by atomic mass is 10.0. The van der Waals surface area contributed by atoms with E-state index in [4.69, 9.17) is 0 Å². The summed E-state index contributed by atoms with van der Waals surface area (Å²) in [5, 5.41) is 0. The summed E-state index contributed by atoms with van der Waals surface area (Å²) in [6.07, 6.45) is 3.55. The van der Waals surface area contributed by atoms with Crippen LogP contribution in [-0.4, -0.2) is 4.98 Å². The maximum atomic E-state index is 4.05. The molecule has 1 aromatic carbocycles. The summed E-state index contributed by atoms with van der Waals surface area (Å²) in [5.74, 6) is 0. The minimum absolute atomic E-state index is 1.02. The first kappa shape index (κ1) is 8.70. The van der Waals surface area contributed by atoms with Gasteiger partial charge in [0.2, 0.25) is 0 Å². The standard InChI is InChI=1S/C13H10N/c1-11(12-5-3-2-4-6-12)13-7-9-14-10-8-13/h3-10H,1H2. The minimum atomic E-state index is 1.02. The van der Waals surface area contributed by atoms with Crippen molar-refractivity contribution in [3.63, 3.8) is 0 Å². The van der Waals surface area contributed by atoms with Crippen molar-refractivity contribution in [2.45, 2.75) is 0 Å². The molecule has 0 N–H and O–H groups in total. The molecule has 0 aliphatic carbocycles. The van der Waals surface area contributed by atoms with Gasteiger partial charge in [-0.1, -0.05) is 30.8 Å². The fourth-order valence-corrected chi connectivity index (χ4v) is 1.31. The van der Waals surface area contributed by atoms with Gasteiger partial charge >= 0.3 is 0 Å². The Morgan fingerprint density at radius 2 is 1.57 bits per heavy atom. The van der Waals surface area contributed by atoms with Crippen molar-refractivity contribution in [2.75, 3.05) is 0 Å². The maximum Gasteiger partial charge on any atom is 0.0273 e. The van der Waals surface area contributed by atoms with Gasteiger partial charge in [0.15, 0.2) is 0 Å². The van der Waals surface area contributed by atoms with Gasteiger partial charge in [0.25, 0.3) is 0 Å². The molecule has 1 heterocycles. The molecule has 1 aromatic heterocycles. The van der Waals surface area contributed by atoms with E-state index in [-0.39, 0.29) is 0 Å². The SMILES string of the molecule is C=C(c1cc[c]cc1)c1ccncc1. The normalized spacial score (nSPS) is 9.71. The van der Waals surface area contributed by atoms with Gasteiger partial charge in [-0.2, -0.15) is 0 Å². The van der Waals surface area contributed by atoms with Gasteiger partial charge in [-0.25, -0.2) is 0 Å². The molecule has 0 atom stereocenters. The van der Waals surface area contributed by atoms with E-state index in [1.165, 1.54) is 0 Å². The highest BCUT2D eigenvalue weighted by atomic mass is 14.6. The fraction of sp³-hybridized carbons (Fsp3) is 0. The zero-order chi connectivity index (χ0) is 9.80. The van der Waals surface area contributed by atoms with Gasteiger partial charge in [-0.3, -0.25) is 4.98 Å². The van der Waals surface area contributed by atoms with Crippen molar-refractivity contribution in [1.82, 2.24) is 4.98 Å². The first-order valence-corrected chi connectivity index (χ1v) is 4.44. The molecule has 0 aliphatic heterocycles. The van der Waals surface area contributed by atoms with Crippen LogP contribution in [0.15, 0.2) is 55.4 Å². The van der Waals surface area contributed by atoms with Crippen molar-refractivity contribution in [1.29, 1.82) is 0 Å². The molecule has 2 rings (SSSR count). The van der Waals surface area contributed by atoms with E-state index < -0.39 is 0 Å². The quantitative estimate of drug-likeness (QED) is 0.692. The fourth-order valence-electron chi connectivity index (χ4n) is 1.31. The highest BCUT2D eigenvalue weighted by Gasteiger charge is 1.99. The van der Waals surface area contributed by atoms with Gasteiger partial charge in [0.1, 0.15) is 0 Å². The van der Waals surface area contributed by atoms with Crippen LogP contribution in [-0.2, 0) is 0 Å². The Kier molecular flexibility index (Phi) is 2.41. The number of hydrogen-bond acceptors (Lipinski definition) is 1. The number of nitrogens with zero attached hydrogens (tertiary/aromatic N) is 1. The van der Waals surface area contributed by atoms with Gasteiger partial charge in [-0.15, -0.1) is 0 Å². The van der Waals surface area contributed by atoms with Gasteiger partial charge in [-0.05, 0) is 34.9 Å². The Bertz CT molecular complexity index is 376. The molecule has 67 valence electrons. The molecule has 0 aliphatic rings. The summed E-state index contributed by atoms with van der Waals surface area (Å²) in [4.78, 5) is 3.97. The van der Waals surface area contributed by atoms with Crippen LogP contribution in [0.25, 0.3) is 5.57 Å². The van der Waals surface area contributed by atoms with E-state index in [0.29, 0.717) is 0 Å². The zero-order valence-corrected chi connectivity index (χ0v) is 7.77. The van der Waals surface area contributed by atoms with Gasteiger partial charge in [0, 0.05) is 12.4 Å². The van der Waals surface area contributed by atoms with Crippen molar-refractivity contribution in [3.05, 3.63) is 72.6 Å². The first-order valence-electron chi connectivity index (χ1n) is 4.44. The summed E-state index contributed by atoms with van der Waals surface area (Å²) < 4.78 is 0. The second kappa shape index (κ2) is 3.88. The molecule has 0 fully saturated rings. The molecule has 0 saturated heterocycles. The van der Waals surface area contributed by atoms with E-state index in [9.17, 15) is 0 Å². The van der Waals surface area contributed by atoms with E-state index in [2.05, 4.69) is 17.6 Å². The molecular weight excluding hydrogens is 170 g/mol. The number of rotatable bonds is 2. The summed E-state index contributed by atoms with van der Waals surface area (Å²) in [5.41, 5.74) is 3.24. The molecule has 0 bridgehead atoms. The Labute approximate surface area is 83.7 Å². The first-order chi connectivity index (χ1) is 6.88. The van der Waals surface area contributed by atoms with Crippen LogP contribution >= 0.6 is 0 Å². The second-order valence-electron chi connectivity index (χ2n) is 3.00. The third kappa shape index (κ3) is 1.72. The van der Waals surface area contributed by atoms with Gasteiger partial charge in [0.05, 0.1) is 0 Å².